The Morgan fingerprint density at radius 2 is 2.11 bits per heavy atom. The minimum Gasteiger partial charge on any atom is -0.473 e. The second kappa shape index (κ2) is 6.05. The molecule has 0 spiro atoms. The fraction of sp³-hybridized carbons (Fsp3) is 0.643. The van der Waals surface area contributed by atoms with Crippen LogP contribution < -0.4 is 10.1 Å². The summed E-state index contributed by atoms with van der Waals surface area (Å²) >= 11 is 0. The Morgan fingerprint density at radius 1 is 1.39 bits per heavy atom. The largest absolute Gasteiger partial charge is 0.473 e. The number of aromatic nitrogens is 1. The summed E-state index contributed by atoms with van der Waals surface area (Å²) < 4.78 is 5.72. The minimum absolute atomic E-state index is 0.151. The zero-order chi connectivity index (χ0) is 13.0. The van der Waals surface area contributed by atoms with E-state index in [4.69, 9.17) is 4.74 Å². The van der Waals surface area contributed by atoms with Gasteiger partial charge in [-0.1, -0.05) is 0 Å². The van der Waals surface area contributed by atoms with Crippen LogP contribution in [0.5, 0.6) is 5.88 Å². The van der Waals surface area contributed by atoms with Crippen molar-refractivity contribution in [1.29, 1.82) is 0 Å². The van der Waals surface area contributed by atoms with Gasteiger partial charge in [-0.15, -0.1) is 0 Å². The maximum absolute atomic E-state index is 5.72. The second-order valence-corrected chi connectivity index (χ2v) is 5.24. The van der Waals surface area contributed by atoms with Gasteiger partial charge in [0.05, 0.1) is 11.8 Å². The van der Waals surface area contributed by atoms with E-state index in [1.807, 2.05) is 26.0 Å². The number of nitrogens with zero attached hydrogens (tertiary/aromatic N) is 2. The molecule has 1 aromatic heterocycles. The van der Waals surface area contributed by atoms with Gasteiger partial charge in [0.15, 0.2) is 0 Å². The molecule has 1 aliphatic heterocycles. The van der Waals surface area contributed by atoms with Crippen LogP contribution in [-0.4, -0.2) is 42.2 Å². The van der Waals surface area contributed by atoms with Crippen molar-refractivity contribution in [1.82, 2.24) is 9.88 Å². The van der Waals surface area contributed by atoms with Gasteiger partial charge in [-0.3, -0.25) is 0 Å². The lowest BCUT2D eigenvalue weighted by Gasteiger charge is -2.30. The highest BCUT2D eigenvalue weighted by Gasteiger charge is 2.18. The van der Waals surface area contributed by atoms with Crippen LogP contribution in [0.1, 0.15) is 26.7 Å². The van der Waals surface area contributed by atoms with E-state index in [2.05, 4.69) is 22.2 Å². The molecule has 2 heterocycles. The monoisotopic (exact) mass is 249 g/mol. The van der Waals surface area contributed by atoms with Crippen LogP contribution in [0, 0.1) is 0 Å². The molecule has 1 N–H and O–H groups in total. The van der Waals surface area contributed by atoms with Gasteiger partial charge >= 0.3 is 0 Å². The summed E-state index contributed by atoms with van der Waals surface area (Å²) in [4.78, 5) is 6.67. The van der Waals surface area contributed by atoms with E-state index >= 15 is 0 Å². The van der Waals surface area contributed by atoms with Gasteiger partial charge in [0.25, 0.3) is 0 Å². The first-order chi connectivity index (χ1) is 8.65. The lowest BCUT2D eigenvalue weighted by Crippen LogP contribution is -2.36. The highest BCUT2D eigenvalue weighted by Crippen LogP contribution is 2.24. The molecule has 1 aromatic rings. The van der Waals surface area contributed by atoms with Crippen LogP contribution in [0.15, 0.2) is 18.3 Å². The highest BCUT2D eigenvalue weighted by atomic mass is 16.5. The number of nitrogens with one attached hydrogen (secondary N) is 1. The summed E-state index contributed by atoms with van der Waals surface area (Å²) in [5.74, 6) is 0.714. The number of anilines is 1. The third-order valence-electron chi connectivity index (χ3n) is 3.20. The van der Waals surface area contributed by atoms with Crippen molar-refractivity contribution in [3.63, 3.8) is 0 Å². The van der Waals surface area contributed by atoms with Crippen LogP contribution in [-0.2, 0) is 0 Å². The summed E-state index contributed by atoms with van der Waals surface area (Å²) in [5.41, 5.74) is 1.01. The van der Waals surface area contributed by atoms with Gasteiger partial charge in [0.1, 0.15) is 0 Å². The molecular weight excluding hydrogens is 226 g/mol. The molecule has 1 aliphatic rings. The third-order valence-corrected chi connectivity index (χ3v) is 3.20. The summed E-state index contributed by atoms with van der Waals surface area (Å²) in [6.07, 6.45) is 4.27. The van der Waals surface area contributed by atoms with Crippen LogP contribution in [0.3, 0.4) is 0 Å². The number of rotatable bonds is 4. The lowest BCUT2D eigenvalue weighted by atomic mass is 10.1. The minimum atomic E-state index is 0.151. The average molecular weight is 249 g/mol. The normalized spacial score (nSPS) is 18.0. The van der Waals surface area contributed by atoms with E-state index in [-0.39, 0.29) is 6.10 Å². The van der Waals surface area contributed by atoms with E-state index in [0.717, 1.165) is 18.8 Å². The molecule has 0 saturated carbocycles. The van der Waals surface area contributed by atoms with Gasteiger partial charge in [-0.25, -0.2) is 4.98 Å². The summed E-state index contributed by atoms with van der Waals surface area (Å²) in [6.45, 7) is 6.35. The Morgan fingerprint density at radius 3 is 2.78 bits per heavy atom. The van der Waals surface area contributed by atoms with Crippen LogP contribution in [0.4, 0.5) is 5.69 Å². The topological polar surface area (TPSA) is 37.4 Å². The predicted octanol–water partition coefficient (Wildman–Crippen LogP) is 2.37. The molecule has 0 atom stereocenters. The Balaban J connectivity index is 2.00. The van der Waals surface area contributed by atoms with Gasteiger partial charge in [0.2, 0.25) is 5.88 Å². The third kappa shape index (κ3) is 3.60. The van der Waals surface area contributed by atoms with Crippen molar-refractivity contribution in [2.45, 2.75) is 38.8 Å². The van der Waals surface area contributed by atoms with E-state index in [1.54, 1.807) is 6.20 Å². The second-order valence-electron chi connectivity index (χ2n) is 5.24. The van der Waals surface area contributed by atoms with Crippen molar-refractivity contribution in [3.05, 3.63) is 18.3 Å². The van der Waals surface area contributed by atoms with Crippen molar-refractivity contribution < 1.29 is 4.74 Å². The van der Waals surface area contributed by atoms with Crippen LogP contribution in [0.25, 0.3) is 0 Å². The van der Waals surface area contributed by atoms with Crippen molar-refractivity contribution >= 4 is 5.69 Å². The van der Waals surface area contributed by atoms with Gasteiger partial charge < -0.3 is 15.0 Å². The summed E-state index contributed by atoms with van der Waals surface area (Å²) in [5, 5.41) is 3.56. The number of likely N-dealkylation sites (tertiary alicyclic amines) is 1. The zero-order valence-electron chi connectivity index (χ0n) is 11.5. The first-order valence-corrected chi connectivity index (χ1v) is 6.72. The molecule has 100 valence electrons. The number of hydrogen-bond acceptors (Lipinski definition) is 4. The highest BCUT2D eigenvalue weighted by molar-refractivity contribution is 5.52. The van der Waals surface area contributed by atoms with E-state index in [9.17, 15) is 0 Å². The molecule has 4 heteroatoms. The SMILES string of the molecule is CC(C)Oc1ncccc1NC1CCN(C)CC1. The molecule has 1 saturated heterocycles. The maximum atomic E-state index is 5.72. The van der Waals surface area contributed by atoms with E-state index in [0.29, 0.717) is 11.9 Å². The molecule has 0 bridgehead atoms. The molecule has 4 nitrogen and oxygen atoms in total. The van der Waals surface area contributed by atoms with Crippen molar-refractivity contribution in [2.24, 2.45) is 0 Å². The van der Waals surface area contributed by atoms with Crippen molar-refractivity contribution in [3.8, 4) is 5.88 Å². The zero-order valence-corrected chi connectivity index (χ0v) is 11.5. The molecule has 1 fully saturated rings. The summed E-state index contributed by atoms with van der Waals surface area (Å²) in [6, 6.07) is 4.52. The lowest BCUT2D eigenvalue weighted by molar-refractivity contribution is 0.232. The molecule has 0 aliphatic carbocycles. The van der Waals surface area contributed by atoms with E-state index in [1.165, 1.54) is 12.8 Å². The summed E-state index contributed by atoms with van der Waals surface area (Å²) in [7, 11) is 2.17. The van der Waals surface area contributed by atoms with E-state index < -0.39 is 0 Å². The Labute approximate surface area is 109 Å². The first-order valence-electron chi connectivity index (χ1n) is 6.72. The maximum Gasteiger partial charge on any atom is 0.237 e. The fourth-order valence-electron chi connectivity index (χ4n) is 2.19. The number of ether oxygens (including phenoxy) is 1. The molecule has 0 unspecified atom stereocenters. The molecular formula is C14H23N3O. The molecule has 0 amide bonds. The quantitative estimate of drug-likeness (QED) is 0.889. The number of pyridine rings is 1. The first kappa shape index (κ1) is 13.1. The van der Waals surface area contributed by atoms with Gasteiger partial charge in [-0.05, 0) is 59.0 Å². The molecule has 0 aromatic carbocycles. The van der Waals surface area contributed by atoms with Crippen LogP contribution in [0.2, 0.25) is 0 Å². The molecule has 18 heavy (non-hydrogen) atoms. The Hall–Kier alpha value is -1.29. The Bertz CT molecular complexity index is 373. The van der Waals surface area contributed by atoms with Crippen molar-refractivity contribution in [2.75, 3.05) is 25.5 Å². The van der Waals surface area contributed by atoms with Gasteiger partial charge in [0, 0.05) is 12.2 Å². The predicted molar refractivity (Wildman–Crippen MR) is 74.1 cm³/mol. The van der Waals surface area contributed by atoms with Crippen LogP contribution >= 0.6 is 0 Å². The number of hydrogen-bond donors (Lipinski definition) is 1. The fourth-order valence-corrected chi connectivity index (χ4v) is 2.19. The standard InChI is InChI=1S/C14H23N3O/c1-11(2)18-14-13(5-4-8-15-14)16-12-6-9-17(3)10-7-12/h4-5,8,11-12,16H,6-7,9-10H2,1-3H3. The molecule has 0 radical (unpaired) electrons. The van der Waals surface area contributed by atoms with Gasteiger partial charge in [-0.2, -0.15) is 0 Å². The molecule has 2 rings (SSSR count). The average Bonchev–Trinajstić information content (AvgIpc) is 2.34. The Kier molecular flexibility index (Phi) is 4.42. The number of piperidine rings is 1. The smallest absolute Gasteiger partial charge is 0.237 e.